The van der Waals surface area contributed by atoms with Crippen LogP contribution in [0.15, 0.2) is 18.2 Å². The summed E-state index contributed by atoms with van der Waals surface area (Å²) in [4.78, 5) is 34.6. The van der Waals surface area contributed by atoms with Gasteiger partial charge in [-0.25, -0.2) is 4.79 Å². The van der Waals surface area contributed by atoms with Gasteiger partial charge in [0.25, 0.3) is 11.6 Å². The molecule has 0 unspecified atom stereocenters. The summed E-state index contributed by atoms with van der Waals surface area (Å²) < 4.78 is 5.24. The minimum absolute atomic E-state index is 0.00381. The number of amides is 2. The molecule has 0 radical (unpaired) electrons. The summed E-state index contributed by atoms with van der Waals surface area (Å²) >= 11 is 0. The molecule has 0 saturated heterocycles. The Balaban J connectivity index is 1.87. The summed E-state index contributed by atoms with van der Waals surface area (Å²) in [7, 11) is 0. The Kier molecular flexibility index (Phi) is 6.24. The highest BCUT2D eigenvalue weighted by atomic mass is 16.6. The first-order chi connectivity index (χ1) is 12.6. The van der Waals surface area contributed by atoms with E-state index in [1.807, 2.05) is 0 Å². The van der Waals surface area contributed by atoms with Crippen molar-refractivity contribution in [1.29, 1.82) is 0 Å². The van der Waals surface area contributed by atoms with Gasteiger partial charge in [-0.3, -0.25) is 14.9 Å². The number of nitrogens with one attached hydrogen (secondary N) is 2. The molecule has 0 heterocycles. The zero-order valence-corrected chi connectivity index (χ0v) is 15.8. The Morgan fingerprint density at radius 1 is 1.15 bits per heavy atom. The van der Waals surface area contributed by atoms with Crippen LogP contribution in [0.4, 0.5) is 16.2 Å². The van der Waals surface area contributed by atoms with Gasteiger partial charge < -0.3 is 21.1 Å². The standard InChI is InChI=1S/C18H26N4O5/c1-18(2,3)27-17(24)21-12-9-7-11(8-10-12)20-16(23)13-5-4-6-14(15(13)19)22(25)26/h4-6,11-12H,7-10,19H2,1-3H3,(H,20,23)(H,21,24). The fourth-order valence-corrected chi connectivity index (χ4v) is 3.03. The number of nitrogens with zero attached hydrogens (tertiary/aromatic N) is 1. The number of alkyl carbamates (subject to hydrolysis) is 1. The average molecular weight is 378 g/mol. The molecule has 2 rings (SSSR count). The van der Waals surface area contributed by atoms with Gasteiger partial charge in [0.1, 0.15) is 11.3 Å². The predicted octanol–water partition coefficient (Wildman–Crippen LogP) is 2.74. The number of ether oxygens (including phenoxy) is 1. The van der Waals surface area contributed by atoms with E-state index < -0.39 is 22.5 Å². The van der Waals surface area contributed by atoms with Crippen molar-refractivity contribution in [2.45, 2.75) is 64.1 Å². The number of nitrogens with two attached hydrogens (primary N) is 1. The van der Waals surface area contributed by atoms with E-state index in [9.17, 15) is 19.7 Å². The highest BCUT2D eigenvalue weighted by Gasteiger charge is 2.27. The van der Waals surface area contributed by atoms with Crippen molar-refractivity contribution >= 4 is 23.4 Å². The molecular weight excluding hydrogens is 352 g/mol. The zero-order chi connectivity index (χ0) is 20.2. The topological polar surface area (TPSA) is 137 Å². The first kappa shape index (κ1) is 20.5. The Hall–Kier alpha value is -2.84. The Bertz CT molecular complexity index is 721. The van der Waals surface area contributed by atoms with Gasteiger partial charge in [-0.15, -0.1) is 0 Å². The van der Waals surface area contributed by atoms with Crippen LogP contribution in [0.2, 0.25) is 0 Å². The molecule has 0 atom stereocenters. The molecule has 0 aliphatic heterocycles. The second kappa shape index (κ2) is 8.24. The van der Waals surface area contributed by atoms with Gasteiger partial charge in [0.15, 0.2) is 0 Å². The average Bonchev–Trinajstić information content (AvgIpc) is 2.54. The number of hydrogen-bond acceptors (Lipinski definition) is 6. The number of nitrogen functional groups attached to an aromatic ring is 1. The molecule has 9 nitrogen and oxygen atoms in total. The van der Waals surface area contributed by atoms with Crippen LogP contribution in [0.5, 0.6) is 0 Å². The number of carbonyl (C=O) groups excluding carboxylic acids is 2. The lowest BCUT2D eigenvalue weighted by Gasteiger charge is -2.30. The summed E-state index contributed by atoms with van der Waals surface area (Å²) in [5, 5.41) is 16.7. The Labute approximate surface area is 157 Å². The fraction of sp³-hybridized carbons (Fsp3) is 0.556. The van der Waals surface area contributed by atoms with Gasteiger partial charge in [-0.05, 0) is 52.5 Å². The van der Waals surface area contributed by atoms with E-state index >= 15 is 0 Å². The molecule has 0 aromatic heterocycles. The highest BCUT2D eigenvalue weighted by molar-refractivity contribution is 6.01. The molecule has 1 aromatic carbocycles. The van der Waals surface area contributed by atoms with Crippen molar-refractivity contribution in [2.75, 3.05) is 5.73 Å². The molecule has 2 amide bonds. The third-order valence-corrected chi connectivity index (χ3v) is 4.31. The second-order valence-corrected chi connectivity index (χ2v) is 7.66. The number of nitro groups is 1. The zero-order valence-electron chi connectivity index (χ0n) is 15.8. The maximum atomic E-state index is 12.4. The van der Waals surface area contributed by atoms with Crippen molar-refractivity contribution in [3.8, 4) is 0 Å². The number of benzene rings is 1. The summed E-state index contributed by atoms with van der Waals surface area (Å²) in [6.45, 7) is 5.41. The molecule has 0 bridgehead atoms. The van der Waals surface area contributed by atoms with Crippen molar-refractivity contribution < 1.29 is 19.2 Å². The van der Waals surface area contributed by atoms with Crippen molar-refractivity contribution in [3.63, 3.8) is 0 Å². The maximum Gasteiger partial charge on any atom is 0.407 e. The Morgan fingerprint density at radius 2 is 1.70 bits per heavy atom. The number of anilines is 1. The normalized spacial score (nSPS) is 19.8. The molecule has 0 spiro atoms. The molecule has 9 heteroatoms. The third-order valence-electron chi connectivity index (χ3n) is 4.31. The minimum Gasteiger partial charge on any atom is -0.444 e. The van der Waals surface area contributed by atoms with Crippen LogP contribution in [-0.4, -0.2) is 34.6 Å². The first-order valence-corrected chi connectivity index (χ1v) is 8.90. The lowest BCUT2D eigenvalue weighted by atomic mass is 9.91. The van der Waals surface area contributed by atoms with E-state index in [-0.39, 0.29) is 29.0 Å². The fourth-order valence-electron chi connectivity index (χ4n) is 3.03. The molecular formula is C18H26N4O5. The van der Waals surface area contributed by atoms with E-state index in [1.165, 1.54) is 18.2 Å². The molecule has 1 aromatic rings. The second-order valence-electron chi connectivity index (χ2n) is 7.66. The molecule has 1 fully saturated rings. The van der Waals surface area contributed by atoms with E-state index in [2.05, 4.69) is 10.6 Å². The molecule has 4 N–H and O–H groups in total. The number of rotatable bonds is 4. The lowest BCUT2D eigenvalue weighted by molar-refractivity contribution is -0.383. The van der Waals surface area contributed by atoms with Gasteiger partial charge in [0.05, 0.1) is 10.5 Å². The van der Waals surface area contributed by atoms with Crippen LogP contribution in [-0.2, 0) is 4.74 Å². The SMILES string of the molecule is CC(C)(C)OC(=O)NC1CCC(NC(=O)c2cccc([N+](=O)[O-])c2N)CC1. The van der Waals surface area contributed by atoms with Crippen LogP contribution >= 0.6 is 0 Å². The molecule has 27 heavy (non-hydrogen) atoms. The maximum absolute atomic E-state index is 12.4. The van der Waals surface area contributed by atoms with E-state index in [1.54, 1.807) is 20.8 Å². The molecule has 1 saturated carbocycles. The number of para-hydroxylation sites is 1. The number of nitro benzene ring substituents is 1. The van der Waals surface area contributed by atoms with Crippen molar-refractivity contribution in [2.24, 2.45) is 0 Å². The van der Waals surface area contributed by atoms with Gasteiger partial charge >= 0.3 is 6.09 Å². The van der Waals surface area contributed by atoms with E-state index in [0.717, 1.165) is 0 Å². The minimum atomic E-state index is -0.611. The van der Waals surface area contributed by atoms with Crippen LogP contribution in [0.1, 0.15) is 56.8 Å². The van der Waals surface area contributed by atoms with Gasteiger partial charge in [0, 0.05) is 18.2 Å². The smallest absolute Gasteiger partial charge is 0.407 e. The van der Waals surface area contributed by atoms with E-state index in [4.69, 9.17) is 10.5 Å². The summed E-state index contributed by atoms with van der Waals surface area (Å²) in [5.41, 5.74) is 4.88. The lowest BCUT2D eigenvalue weighted by Crippen LogP contribution is -2.45. The summed E-state index contributed by atoms with van der Waals surface area (Å²) in [6.07, 6.45) is 2.32. The quantitative estimate of drug-likeness (QED) is 0.418. The van der Waals surface area contributed by atoms with Gasteiger partial charge in [-0.2, -0.15) is 0 Å². The monoisotopic (exact) mass is 378 g/mol. The van der Waals surface area contributed by atoms with Crippen LogP contribution in [0, 0.1) is 10.1 Å². The third kappa shape index (κ3) is 5.83. The van der Waals surface area contributed by atoms with Crippen molar-refractivity contribution in [1.82, 2.24) is 10.6 Å². The van der Waals surface area contributed by atoms with Gasteiger partial charge in [-0.1, -0.05) is 6.07 Å². The van der Waals surface area contributed by atoms with Crippen LogP contribution in [0.3, 0.4) is 0 Å². The number of carbonyl (C=O) groups is 2. The largest absolute Gasteiger partial charge is 0.444 e. The van der Waals surface area contributed by atoms with Crippen LogP contribution < -0.4 is 16.4 Å². The molecule has 1 aliphatic rings. The summed E-state index contributed by atoms with van der Waals surface area (Å²) in [6, 6.07) is 4.08. The van der Waals surface area contributed by atoms with Crippen LogP contribution in [0.25, 0.3) is 0 Å². The van der Waals surface area contributed by atoms with Crippen molar-refractivity contribution in [3.05, 3.63) is 33.9 Å². The van der Waals surface area contributed by atoms with E-state index in [0.29, 0.717) is 25.7 Å². The molecule has 148 valence electrons. The summed E-state index contributed by atoms with van der Waals surface area (Å²) in [5.74, 6) is -0.431. The first-order valence-electron chi connectivity index (χ1n) is 8.90. The highest BCUT2D eigenvalue weighted by Crippen LogP contribution is 2.26. The molecule has 1 aliphatic carbocycles. The Morgan fingerprint density at radius 3 is 2.22 bits per heavy atom. The number of hydrogen-bond donors (Lipinski definition) is 3. The van der Waals surface area contributed by atoms with Gasteiger partial charge in [0.2, 0.25) is 0 Å². The predicted molar refractivity (Wildman–Crippen MR) is 100 cm³/mol.